The molecule has 0 heterocycles. The van der Waals surface area contributed by atoms with Crippen molar-refractivity contribution in [3.63, 3.8) is 0 Å². The summed E-state index contributed by atoms with van der Waals surface area (Å²) in [7, 11) is 3.01. The Bertz CT molecular complexity index is 445. The molecule has 7 heteroatoms. The minimum atomic E-state index is -0.0218. The number of guanidine groups is 1. The molecule has 1 rings (SSSR count). The van der Waals surface area contributed by atoms with Gasteiger partial charge in [0.25, 0.3) is 0 Å². The molecular formula is C12H18N4O3. The van der Waals surface area contributed by atoms with Gasteiger partial charge in [0.1, 0.15) is 11.5 Å². The van der Waals surface area contributed by atoms with Crippen LogP contribution in [0.4, 0.5) is 0 Å². The van der Waals surface area contributed by atoms with E-state index in [0.717, 1.165) is 5.56 Å². The number of nitrogens with one attached hydrogen (secondary N) is 1. The number of carbonyl (C=O) groups excluding carboxylic acids is 1. The number of ether oxygens (including phenoxy) is 2. The SMILES string of the molecule is COc1cc(CCNN=C(N)N)cc(OC)c1C=O. The number of nitrogens with two attached hydrogens (primary N) is 2. The van der Waals surface area contributed by atoms with E-state index in [1.807, 2.05) is 0 Å². The average molecular weight is 266 g/mol. The fraction of sp³-hybridized carbons (Fsp3) is 0.333. The quantitative estimate of drug-likeness (QED) is 0.208. The number of hydrogen-bond donors (Lipinski definition) is 3. The van der Waals surface area contributed by atoms with Crippen LogP contribution in [0.2, 0.25) is 0 Å². The zero-order valence-electron chi connectivity index (χ0n) is 11.0. The van der Waals surface area contributed by atoms with E-state index >= 15 is 0 Å². The lowest BCUT2D eigenvalue weighted by molar-refractivity contribution is 0.111. The molecule has 0 aromatic heterocycles. The summed E-state index contributed by atoms with van der Waals surface area (Å²) < 4.78 is 10.3. The van der Waals surface area contributed by atoms with Crippen molar-refractivity contribution < 1.29 is 14.3 Å². The number of rotatable bonds is 7. The van der Waals surface area contributed by atoms with Crippen LogP contribution in [0.25, 0.3) is 0 Å². The summed E-state index contributed by atoms with van der Waals surface area (Å²) in [5.74, 6) is 0.934. The number of hydrazone groups is 1. The van der Waals surface area contributed by atoms with Crippen LogP contribution in [-0.2, 0) is 6.42 Å². The lowest BCUT2D eigenvalue weighted by Crippen LogP contribution is -2.27. The molecule has 0 fully saturated rings. The van der Waals surface area contributed by atoms with Gasteiger partial charge in [0, 0.05) is 6.54 Å². The Kier molecular flexibility index (Phi) is 5.46. The van der Waals surface area contributed by atoms with E-state index in [9.17, 15) is 4.79 Å². The average Bonchev–Trinajstić information content (AvgIpc) is 2.42. The summed E-state index contributed by atoms with van der Waals surface area (Å²) in [5.41, 5.74) is 14.4. The first-order valence-electron chi connectivity index (χ1n) is 5.64. The predicted octanol–water partition coefficient (Wildman–Crippen LogP) is -0.163. The third kappa shape index (κ3) is 4.06. The van der Waals surface area contributed by atoms with Gasteiger partial charge in [-0.05, 0) is 24.1 Å². The molecule has 19 heavy (non-hydrogen) atoms. The van der Waals surface area contributed by atoms with Crippen LogP contribution < -0.4 is 26.4 Å². The number of carbonyl (C=O) groups is 1. The van der Waals surface area contributed by atoms with E-state index in [4.69, 9.17) is 20.9 Å². The summed E-state index contributed by atoms with van der Waals surface area (Å²) in [6.45, 7) is 0.546. The van der Waals surface area contributed by atoms with Crippen LogP contribution in [0, 0.1) is 0 Å². The summed E-state index contributed by atoms with van der Waals surface area (Å²) >= 11 is 0. The lowest BCUT2D eigenvalue weighted by Gasteiger charge is -2.11. The highest BCUT2D eigenvalue weighted by Gasteiger charge is 2.11. The molecule has 0 bridgehead atoms. The largest absolute Gasteiger partial charge is 0.496 e. The smallest absolute Gasteiger partial charge is 0.208 e. The second kappa shape index (κ2) is 7.10. The van der Waals surface area contributed by atoms with Crippen LogP contribution >= 0.6 is 0 Å². The predicted molar refractivity (Wildman–Crippen MR) is 72.5 cm³/mol. The molecule has 0 radical (unpaired) electrons. The summed E-state index contributed by atoms with van der Waals surface area (Å²) in [4.78, 5) is 11.0. The number of hydrogen-bond acceptors (Lipinski definition) is 5. The van der Waals surface area contributed by atoms with Gasteiger partial charge in [0.2, 0.25) is 5.96 Å². The fourth-order valence-electron chi connectivity index (χ4n) is 1.60. The van der Waals surface area contributed by atoms with Gasteiger partial charge < -0.3 is 26.4 Å². The molecule has 0 aliphatic heterocycles. The van der Waals surface area contributed by atoms with Crippen molar-refractivity contribution in [2.75, 3.05) is 20.8 Å². The molecule has 0 saturated carbocycles. The number of benzene rings is 1. The van der Waals surface area contributed by atoms with Crippen molar-refractivity contribution in [3.05, 3.63) is 23.3 Å². The summed E-state index contributed by atoms with van der Waals surface area (Å²) in [6.07, 6.45) is 1.36. The summed E-state index contributed by atoms with van der Waals surface area (Å²) in [5, 5.41) is 3.66. The van der Waals surface area contributed by atoms with Gasteiger partial charge in [-0.25, -0.2) is 0 Å². The first-order valence-corrected chi connectivity index (χ1v) is 5.64. The Hall–Kier alpha value is -2.44. The first kappa shape index (κ1) is 14.6. The molecule has 1 aromatic rings. The van der Waals surface area contributed by atoms with Crippen LogP contribution in [0.1, 0.15) is 15.9 Å². The molecule has 0 amide bonds. The van der Waals surface area contributed by atoms with Crippen molar-refractivity contribution >= 4 is 12.2 Å². The first-order chi connectivity index (χ1) is 9.12. The Morgan fingerprint density at radius 2 is 1.89 bits per heavy atom. The molecule has 0 aliphatic carbocycles. The van der Waals surface area contributed by atoms with Gasteiger partial charge in [0.15, 0.2) is 6.29 Å². The van der Waals surface area contributed by atoms with Crippen LogP contribution in [0.15, 0.2) is 17.2 Å². The third-order valence-electron chi connectivity index (χ3n) is 2.46. The highest BCUT2D eigenvalue weighted by atomic mass is 16.5. The van der Waals surface area contributed by atoms with Crippen molar-refractivity contribution in [2.24, 2.45) is 16.6 Å². The maximum Gasteiger partial charge on any atom is 0.208 e. The molecule has 0 atom stereocenters. The van der Waals surface area contributed by atoms with E-state index in [1.165, 1.54) is 14.2 Å². The third-order valence-corrected chi connectivity index (χ3v) is 2.46. The molecule has 0 aliphatic rings. The van der Waals surface area contributed by atoms with E-state index in [1.54, 1.807) is 12.1 Å². The van der Waals surface area contributed by atoms with Gasteiger partial charge in [-0.1, -0.05) is 0 Å². The monoisotopic (exact) mass is 266 g/mol. The van der Waals surface area contributed by atoms with Crippen molar-refractivity contribution in [3.8, 4) is 11.5 Å². The van der Waals surface area contributed by atoms with E-state index in [2.05, 4.69) is 10.5 Å². The normalized spacial score (nSPS) is 9.58. The minimum Gasteiger partial charge on any atom is -0.496 e. The van der Waals surface area contributed by atoms with E-state index in [0.29, 0.717) is 36.3 Å². The van der Waals surface area contributed by atoms with E-state index < -0.39 is 0 Å². The molecule has 1 aromatic carbocycles. The van der Waals surface area contributed by atoms with Crippen LogP contribution in [0.5, 0.6) is 11.5 Å². The Labute approximate surface area is 111 Å². The lowest BCUT2D eigenvalue weighted by atomic mass is 10.1. The Morgan fingerprint density at radius 1 is 1.32 bits per heavy atom. The summed E-state index contributed by atoms with van der Waals surface area (Å²) in [6, 6.07) is 3.56. The van der Waals surface area contributed by atoms with Crippen LogP contribution in [-0.4, -0.2) is 33.0 Å². The van der Waals surface area contributed by atoms with Crippen LogP contribution in [0.3, 0.4) is 0 Å². The van der Waals surface area contributed by atoms with Crippen molar-refractivity contribution in [1.82, 2.24) is 5.43 Å². The van der Waals surface area contributed by atoms with Gasteiger partial charge >= 0.3 is 0 Å². The highest BCUT2D eigenvalue weighted by molar-refractivity contribution is 5.84. The number of aldehydes is 1. The van der Waals surface area contributed by atoms with Gasteiger partial charge in [-0.2, -0.15) is 0 Å². The number of methoxy groups -OCH3 is 2. The topological polar surface area (TPSA) is 112 Å². The molecule has 7 nitrogen and oxygen atoms in total. The zero-order chi connectivity index (χ0) is 14.3. The Balaban J connectivity index is 2.84. The van der Waals surface area contributed by atoms with Crippen molar-refractivity contribution in [1.29, 1.82) is 0 Å². The molecule has 0 spiro atoms. The van der Waals surface area contributed by atoms with Gasteiger partial charge in [0.05, 0.1) is 19.8 Å². The minimum absolute atomic E-state index is 0.0218. The molecule has 0 saturated heterocycles. The van der Waals surface area contributed by atoms with Gasteiger partial charge in [-0.3, -0.25) is 4.79 Å². The Morgan fingerprint density at radius 3 is 2.32 bits per heavy atom. The molecular weight excluding hydrogens is 248 g/mol. The maximum absolute atomic E-state index is 11.0. The number of nitrogens with zero attached hydrogens (tertiary/aromatic N) is 1. The standard InChI is InChI=1S/C12H18N4O3/c1-18-10-5-8(3-4-15-16-12(13)14)6-11(19-2)9(10)7-17/h5-7,15H,3-4H2,1-2H3,(H4,13,14,16). The van der Waals surface area contributed by atoms with Crippen molar-refractivity contribution in [2.45, 2.75) is 6.42 Å². The second-order valence-corrected chi connectivity index (χ2v) is 3.73. The zero-order valence-corrected chi connectivity index (χ0v) is 11.0. The van der Waals surface area contributed by atoms with E-state index in [-0.39, 0.29) is 5.96 Å². The molecule has 104 valence electrons. The molecule has 0 unspecified atom stereocenters. The molecule has 5 N–H and O–H groups in total. The maximum atomic E-state index is 11.0. The highest BCUT2D eigenvalue weighted by Crippen LogP contribution is 2.28. The fourth-order valence-corrected chi connectivity index (χ4v) is 1.60. The second-order valence-electron chi connectivity index (χ2n) is 3.73. The van der Waals surface area contributed by atoms with Gasteiger partial charge in [-0.15, -0.1) is 5.10 Å².